The highest BCUT2D eigenvalue weighted by atomic mass is 79.9. The van der Waals surface area contributed by atoms with E-state index in [-0.39, 0.29) is 5.41 Å². The number of allylic oxidation sites excluding steroid dienone is 1. The molecule has 0 saturated carbocycles. The third-order valence-corrected chi connectivity index (χ3v) is 9.42. The van der Waals surface area contributed by atoms with Crippen LogP contribution in [0.15, 0.2) is 161 Å². The predicted octanol–water partition coefficient (Wildman–Crippen LogP) is 14.1. The van der Waals surface area contributed by atoms with Gasteiger partial charge in [0.1, 0.15) is 0 Å². The third-order valence-electron chi connectivity index (χ3n) is 8.36. The van der Waals surface area contributed by atoms with Crippen LogP contribution in [0, 0.1) is 0 Å². The first-order valence-electron chi connectivity index (χ1n) is 15.8. The topological polar surface area (TPSA) is 6.48 Å². The lowest BCUT2D eigenvalue weighted by Crippen LogP contribution is -2.13. The minimum atomic E-state index is 0.0999. The van der Waals surface area contributed by atoms with Gasteiger partial charge in [-0.3, -0.25) is 0 Å². The average molecular weight is 743 g/mol. The Morgan fingerprint density at radius 1 is 0.447 bits per heavy atom. The molecule has 0 aliphatic heterocycles. The number of hydrogen-bond acceptors (Lipinski definition) is 2. The first kappa shape index (κ1) is 32.6. The van der Waals surface area contributed by atoms with Gasteiger partial charge in [0, 0.05) is 43.1 Å². The van der Waals surface area contributed by atoms with Gasteiger partial charge < -0.3 is 9.80 Å². The summed E-state index contributed by atoms with van der Waals surface area (Å²) in [6.45, 7) is 12.9. The van der Waals surface area contributed by atoms with Crippen molar-refractivity contribution in [3.8, 4) is 11.1 Å². The lowest BCUT2D eigenvalue weighted by Gasteiger charge is -2.27. The van der Waals surface area contributed by atoms with Gasteiger partial charge >= 0.3 is 0 Å². The minimum Gasteiger partial charge on any atom is -0.311 e. The van der Waals surface area contributed by atoms with Gasteiger partial charge in [0.05, 0.1) is 0 Å². The summed E-state index contributed by atoms with van der Waals surface area (Å²) in [5, 5.41) is 0. The Morgan fingerprint density at radius 3 is 1.02 bits per heavy atom. The van der Waals surface area contributed by atoms with Gasteiger partial charge in [-0.2, -0.15) is 0 Å². The Labute approximate surface area is 296 Å². The Kier molecular flexibility index (Phi) is 9.54. The number of nitrogens with zero attached hydrogens (tertiary/aromatic N) is 2. The maximum Gasteiger partial charge on any atom is 0.0462 e. The molecule has 6 aromatic rings. The zero-order chi connectivity index (χ0) is 33.1. The van der Waals surface area contributed by atoms with Crippen molar-refractivity contribution in [1.82, 2.24) is 0 Å². The molecule has 0 fully saturated rings. The molecule has 4 heteroatoms. The first-order chi connectivity index (χ1) is 22.6. The molecule has 0 saturated heterocycles. The lowest BCUT2D eigenvalue weighted by molar-refractivity contribution is 0.590. The maximum absolute atomic E-state index is 4.10. The Balaban J connectivity index is 1.31. The van der Waals surface area contributed by atoms with Crippen LogP contribution in [0.3, 0.4) is 0 Å². The van der Waals surface area contributed by atoms with Crippen LogP contribution in [0.5, 0.6) is 0 Å². The largest absolute Gasteiger partial charge is 0.311 e. The number of benzene rings is 6. The fourth-order valence-corrected chi connectivity index (χ4v) is 6.21. The summed E-state index contributed by atoms with van der Waals surface area (Å²) in [7, 11) is 0. The molecule has 234 valence electrons. The maximum atomic E-state index is 4.10. The van der Waals surface area contributed by atoms with Gasteiger partial charge in [-0.05, 0) is 132 Å². The fourth-order valence-electron chi connectivity index (χ4n) is 5.69. The highest BCUT2D eigenvalue weighted by Crippen LogP contribution is 2.39. The lowest BCUT2D eigenvalue weighted by atomic mass is 9.87. The normalized spacial score (nSPS) is 11.3. The van der Waals surface area contributed by atoms with Crippen molar-refractivity contribution in [2.75, 3.05) is 9.80 Å². The standard InChI is InChI=1S/C43H38Br2N2/c1-30(2)31-6-18-37(19-7-31)46(41-26-14-35(44)15-27-41)38-20-8-32(9-21-38)33-10-22-39(23-11-33)47(42-28-16-36(45)17-29-42)40-24-12-34(13-25-40)43(3,4)5/h6-29H,1H2,2-5H3. The summed E-state index contributed by atoms with van der Waals surface area (Å²) in [5.41, 5.74) is 12.6. The smallest absolute Gasteiger partial charge is 0.0462 e. The molecule has 6 aromatic carbocycles. The second kappa shape index (κ2) is 13.8. The van der Waals surface area contributed by atoms with E-state index in [9.17, 15) is 0 Å². The van der Waals surface area contributed by atoms with E-state index in [1.54, 1.807) is 0 Å². The van der Waals surface area contributed by atoms with E-state index >= 15 is 0 Å². The Morgan fingerprint density at radius 2 is 0.723 bits per heavy atom. The van der Waals surface area contributed by atoms with E-state index in [0.717, 1.165) is 54.2 Å². The van der Waals surface area contributed by atoms with Gasteiger partial charge in [-0.15, -0.1) is 0 Å². The summed E-state index contributed by atoms with van der Waals surface area (Å²) in [5.74, 6) is 0. The molecule has 0 aliphatic carbocycles. The van der Waals surface area contributed by atoms with Crippen LogP contribution in [0.25, 0.3) is 16.7 Å². The SMILES string of the molecule is C=C(C)c1ccc(N(c2ccc(Br)cc2)c2ccc(-c3ccc(N(c4ccc(Br)cc4)c4ccc(C(C)(C)C)cc4)cc3)cc2)cc1. The molecule has 6 rings (SSSR count). The molecule has 0 spiro atoms. The molecule has 0 amide bonds. The molecule has 0 heterocycles. The second-order valence-electron chi connectivity index (χ2n) is 12.8. The first-order valence-corrected chi connectivity index (χ1v) is 17.3. The van der Waals surface area contributed by atoms with Crippen molar-refractivity contribution in [3.05, 3.63) is 172 Å². The number of anilines is 6. The van der Waals surface area contributed by atoms with E-state index in [1.165, 1.54) is 16.7 Å². The summed E-state index contributed by atoms with van der Waals surface area (Å²) in [6.07, 6.45) is 0. The minimum absolute atomic E-state index is 0.0999. The predicted molar refractivity (Wildman–Crippen MR) is 210 cm³/mol. The summed E-state index contributed by atoms with van der Waals surface area (Å²) >= 11 is 7.19. The Hall–Kier alpha value is -4.38. The summed E-state index contributed by atoms with van der Waals surface area (Å²) < 4.78 is 2.11. The number of hydrogen-bond donors (Lipinski definition) is 0. The molecule has 0 bridgehead atoms. The van der Waals surface area contributed by atoms with E-state index in [2.05, 4.69) is 215 Å². The molecule has 2 nitrogen and oxygen atoms in total. The molecule has 0 radical (unpaired) electrons. The van der Waals surface area contributed by atoms with E-state index in [0.29, 0.717) is 0 Å². The van der Waals surface area contributed by atoms with Crippen LogP contribution >= 0.6 is 31.9 Å². The van der Waals surface area contributed by atoms with Crippen molar-refractivity contribution >= 4 is 71.6 Å². The average Bonchev–Trinajstić information content (AvgIpc) is 3.07. The molecule has 0 aliphatic rings. The van der Waals surface area contributed by atoms with E-state index < -0.39 is 0 Å². The molecule has 0 unspecified atom stereocenters. The molecule has 0 atom stereocenters. The molecule has 47 heavy (non-hydrogen) atoms. The molecular formula is C43H38Br2N2. The summed E-state index contributed by atoms with van der Waals surface area (Å²) in [6, 6.07) is 52.1. The summed E-state index contributed by atoms with van der Waals surface area (Å²) in [4.78, 5) is 4.59. The van der Waals surface area contributed by atoms with Crippen LogP contribution < -0.4 is 9.80 Å². The molecule has 0 N–H and O–H groups in total. The van der Waals surface area contributed by atoms with Crippen LogP contribution in [0.1, 0.15) is 38.8 Å². The second-order valence-corrected chi connectivity index (χ2v) is 14.7. The van der Waals surface area contributed by atoms with Crippen LogP contribution in [-0.2, 0) is 5.41 Å². The molecule has 0 aromatic heterocycles. The quantitative estimate of drug-likeness (QED) is 0.153. The third kappa shape index (κ3) is 7.45. The Bertz CT molecular complexity index is 1950. The zero-order valence-electron chi connectivity index (χ0n) is 27.2. The van der Waals surface area contributed by atoms with Crippen LogP contribution in [0.4, 0.5) is 34.1 Å². The van der Waals surface area contributed by atoms with Gasteiger partial charge in [-0.25, -0.2) is 0 Å². The van der Waals surface area contributed by atoms with E-state index in [1.807, 2.05) is 6.92 Å². The monoisotopic (exact) mass is 740 g/mol. The zero-order valence-corrected chi connectivity index (χ0v) is 30.4. The fraction of sp³-hybridized carbons (Fsp3) is 0.116. The van der Waals surface area contributed by atoms with Crippen LogP contribution in [-0.4, -0.2) is 0 Å². The van der Waals surface area contributed by atoms with Crippen molar-refractivity contribution in [2.24, 2.45) is 0 Å². The molecular weight excluding hydrogens is 704 g/mol. The number of halogens is 2. The van der Waals surface area contributed by atoms with Gasteiger partial charge in [-0.1, -0.05) is 113 Å². The van der Waals surface area contributed by atoms with Gasteiger partial charge in [0.2, 0.25) is 0 Å². The highest BCUT2D eigenvalue weighted by Gasteiger charge is 2.17. The van der Waals surface area contributed by atoms with Crippen molar-refractivity contribution in [2.45, 2.75) is 33.1 Å². The van der Waals surface area contributed by atoms with Gasteiger partial charge in [0.15, 0.2) is 0 Å². The van der Waals surface area contributed by atoms with Gasteiger partial charge in [0.25, 0.3) is 0 Å². The highest BCUT2D eigenvalue weighted by molar-refractivity contribution is 9.10. The van der Waals surface area contributed by atoms with Crippen LogP contribution in [0.2, 0.25) is 0 Å². The number of rotatable bonds is 8. The van der Waals surface area contributed by atoms with Crippen molar-refractivity contribution in [3.63, 3.8) is 0 Å². The van der Waals surface area contributed by atoms with Crippen molar-refractivity contribution < 1.29 is 0 Å². The van der Waals surface area contributed by atoms with Crippen molar-refractivity contribution in [1.29, 1.82) is 0 Å². The van der Waals surface area contributed by atoms with E-state index in [4.69, 9.17) is 0 Å².